The number of anilines is 1. The molecule has 0 aromatic carbocycles. The van der Waals surface area contributed by atoms with Crippen LogP contribution >= 0.6 is 0 Å². The van der Waals surface area contributed by atoms with Crippen molar-refractivity contribution in [3.05, 3.63) is 53.9 Å². The molecule has 7 nitrogen and oxygen atoms in total. The summed E-state index contributed by atoms with van der Waals surface area (Å²) in [6, 6.07) is 2.05. The number of aromatic nitrogens is 4. The second-order valence-electron chi connectivity index (χ2n) is 7.34. The van der Waals surface area contributed by atoms with Crippen LogP contribution in [0.4, 0.5) is 36.6 Å². The number of alkyl halides is 6. The standard InChI is InChI=1S/C19H15F7N6O/c20-11-7-10(8-27-9-11)12-3-1-5-31(12)15-13(14-28-4-2-6-32(14)30-15)16(33)29-18(23,17(21)22)19(24,25)26/h2,4,6-9,12,17H,1,3,5H2,(H,29,33)/t12-,18+/m1/s1. The summed E-state index contributed by atoms with van der Waals surface area (Å²) in [7, 11) is 0. The van der Waals surface area contributed by atoms with E-state index in [2.05, 4.69) is 15.1 Å². The molecule has 0 saturated carbocycles. The van der Waals surface area contributed by atoms with Gasteiger partial charge < -0.3 is 10.2 Å². The van der Waals surface area contributed by atoms with Crippen LogP contribution in [0, 0.1) is 5.82 Å². The first-order chi connectivity index (χ1) is 15.5. The lowest BCUT2D eigenvalue weighted by atomic mass is 10.1. The second-order valence-corrected chi connectivity index (χ2v) is 7.34. The molecule has 0 aliphatic carbocycles. The highest BCUT2D eigenvalue weighted by atomic mass is 19.4. The maximum absolute atomic E-state index is 14.2. The van der Waals surface area contributed by atoms with Gasteiger partial charge in [-0.25, -0.2) is 27.1 Å². The first-order valence-electron chi connectivity index (χ1n) is 9.59. The molecule has 176 valence electrons. The number of nitrogens with one attached hydrogen (secondary N) is 1. The Morgan fingerprint density at radius 3 is 2.64 bits per heavy atom. The van der Waals surface area contributed by atoms with Crippen molar-refractivity contribution < 1.29 is 35.5 Å². The molecule has 1 saturated heterocycles. The SMILES string of the molecule is O=C(N[C@@](F)(C(F)F)C(F)(F)F)c1c(N2CCC[C@@H]2c2cncc(F)c2)nn2cccnc12. The van der Waals surface area contributed by atoms with Crippen molar-refractivity contribution in [1.82, 2.24) is 24.9 Å². The zero-order valence-electron chi connectivity index (χ0n) is 16.5. The molecule has 1 aliphatic rings. The number of pyridine rings is 1. The van der Waals surface area contributed by atoms with Crippen molar-refractivity contribution in [2.45, 2.75) is 37.3 Å². The van der Waals surface area contributed by atoms with Crippen molar-refractivity contribution in [3.8, 4) is 0 Å². The van der Waals surface area contributed by atoms with E-state index in [0.29, 0.717) is 18.4 Å². The third-order valence-corrected chi connectivity index (χ3v) is 5.25. The highest BCUT2D eigenvalue weighted by molar-refractivity contribution is 6.05. The number of fused-ring (bicyclic) bond motifs is 1. The van der Waals surface area contributed by atoms with E-state index < -0.39 is 41.7 Å². The number of halogens is 7. The highest BCUT2D eigenvalue weighted by Gasteiger charge is 2.64. The van der Waals surface area contributed by atoms with Gasteiger partial charge in [-0.1, -0.05) is 0 Å². The predicted molar refractivity (Wildman–Crippen MR) is 99.9 cm³/mol. The molecule has 33 heavy (non-hydrogen) atoms. The van der Waals surface area contributed by atoms with E-state index in [-0.39, 0.29) is 18.0 Å². The minimum atomic E-state index is -6.09. The summed E-state index contributed by atoms with van der Waals surface area (Å²) in [5.41, 5.74) is -0.489. The number of carbonyl (C=O) groups is 1. The summed E-state index contributed by atoms with van der Waals surface area (Å²) in [5.74, 6) is -7.90. The fourth-order valence-corrected chi connectivity index (χ4v) is 3.73. The Morgan fingerprint density at radius 1 is 1.21 bits per heavy atom. The number of nitrogens with zero attached hydrogens (tertiary/aromatic N) is 5. The van der Waals surface area contributed by atoms with Gasteiger partial charge in [-0.3, -0.25) is 9.78 Å². The lowest BCUT2D eigenvalue weighted by molar-refractivity contribution is -0.275. The van der Waals surface area contributed by atoms with Crippen molar-refractivity contribution in [3.63, 3.8) is 0 Å². The molecule has 1 amide bonds. The van der Waals surface area contributed by atoms with Crippen LogP contribution < -0.4 is 10.2 Å². The molecule has 2 atom stereocenters. The summed E-state index contributed by atoms with van der Waals surface area (Å²) in [4.78, 5) is 21.9. The first kappa shape index (κ1) is 22.7. The van der Waals surface area contributed by atoms with Crippen LogP contribution in [0.5, 0.6) is 0 Å². The largest absolute Gasteiger partial charge is 0.447 e. The van der Waals surface area contributed by atoms with Gasteiger partial charge in [-0.2, -0.15) is 13.2 Å². The molecule has 0 unspecified atom stereocenters. The maximum atomic E-state index is 14.2. The normalized spacial score (nSPS) is 18.7. The molecule has 1 N–H and O–H groups in total. The Hall–Kier alpha value is -3.45. The van der Waals surface area contributed by atoms with Crippen LogP contribution in [0.15, 0.2) is 36.9 Å². The third kappa shape index (κ3) is 3.93. The zero-order chi connectivity index (χ0) is 24.0. The number of amides is 1. The maximum Gasteiger partial charge on any atom is 0.447 e. The van der Waals surface area contributed by atoms with Crippen molar-refractivity contribution >= 4 is 17.4 Å². The number of carbonyl (C=O) groups excluding carboxylic acids is 1. The Labute approximate surface area is 181 Å². The highest BCUT2D eigenvalue weighted by Crippen LogP contribution is 2.40. The molecule has 14 heteroatoms. The summed E-state index contributed by atoms with van der Waals surface area (Å²) in [5, 5.41) is 4.95. The molecule has 4 heterocycles. The van der Waals surface area contributed by atoms with Gasteiger partial charge in [0.1, 0.15) is 11.4 Å². The Balaban J connectivity index is 1.80. The quantitative estimate of drug-likeness (QED) is 0.448. The summed E-state index contributed by atoms with van der Waals surface area (Å²) >= 11 is 0. The molecule has 0 bridgehead atoms. The molecule has 1 aliphatic heterocycles. The monoisotopic (exact) mass is 476 g/mol. The van der Waals surface area contributed by atoms with E-state index in [1.54, 1.807) is 0 Å². The zero-order valence-corrected chi connectivity index (χ0v) is 16.5. The Kier molecular flexibility index (Phi) is 5.62. The minimum Gasteiger partial charge on any atom is -0.347 e. The van der Waals surface area contributed by atoms with E-state index >= 15 is 0 Å². The van der Waals surface area contributed by atoms with E-state index in [1.165, 1.54) is 35.6 Å². The van der Waals surface area contributed by atoms with E-state index in [0.717, 1.165) is 16.0 Å². The fourth-order valence-electron chi connectivity index (χ4n) is 3.73. The minimum absolute atomic E-state index is 0.211. The Morgan fingerprint density at radius 2 is 1.97 bits per heavy atom. The molecule has 1 fully saturated rings. The number of hydrogen-bond acceptors (Lipinski definition) is 5. The van der Waals surface area contributed by atoms with Crippen molar-refractivity contribution in [2.24, 2.45) is 0 Å². The van der Waals surface area contributed by atoms with Gasteiger partial charge in [0.25, 0.3) is 12.3 Å². The predicted octanol–water partition coefficient (Wildman–Crippen LogP) is 3.83. The summed E-state index contributed by atoms with van der Waals surface area (Å²) in [6.07, 6.45) is -4.78. The molecule has 3 aromatic rings. The lowest BCUT2D eigenvalue weighted by Crippen LogP contribution is -2.60. The molecular weight excluding hydrogens is 461 g/mol. The van der Waals surface area contributed by atoms with Gasteiger partial charge in [-0.05, 0) is 30.5 Å². The first-order valence-corrected chi connectivity index (χ1v) is 9.59. The summed E-state index contributed by atoms with van der Waals surface area (Å²) < 4.78 is 94.1. The van der Waals surface area contributed by atoms with Gasteiger partial charge in [0.2, 0.25) is 0 Å². The second kappa shape index (κ2) is 8.15. The molecule has 3 aromatic heterocycles. The number of hydrogen-bond donors (Lipinski definition) is 1. The average Bonchev–Trinajstić information content (AvgIpc) is 3.37. The molecular formula is C19H15F7N6O. The molecule has 4 rings (SSSR count). The molecule has 0 spiro atoms. The fraction of sp³-hybridized carbons (Fsp3) is 0.368. The van der Waals surface area contributed by atoms with Crippen molar-refractivity contribution in [1.29, 1.82) is 0 Å². The van der Waals surface area contributed by atoms with Gasteiger partial charge in [0.15, 0.2) is 11.5 Å². The van der Waals surface area contributed by atoms with Crippen LogP contribution in [0.1, 0.15) is 34.8 Å². The van der Waals surface area contributed by atoms with E-state index in [9.17, 15) is 35.5 Å². The van der Waals surface area contributed by atoms with Crippen molar-refractivity contribution in [2.75, 3.05) is 11.4 Å². The van der Waals surface area contributed by atoms with Crippen LogP contribution in [-0.4, -0.2) is 50.4 Å². The topological polar surface area (TPSA) is 75.4 Å². The van der Waals surface area contributed by atoms with Crippen LogP contribution in [-0.2, 0) is 0 Å². The van der Waals surface area contributed by atoms with E-state index in [1.807, 2.05) is 0 Å². The average molecular weight is 476 g/mol. The van der Waals surface area contributed by atoms with E-state index in [4.69, 9.17) is 0 Å². The van der Waals surface area contributed by atoms with Crippen LogP contribution in [0.2, 0.25) is 0 Å². The third-order valence-electron chi connectivity index (χ3n) is 5.25. The van der Waals surface area contributed by atoms with Gasteiger partial charge in [0, 0.05) is 25.1 Å². The van der Waals surface area contributed by atoms with Gasteiger partial charge >= 0.3 is 12.0 Å². The van der Waals surface area contributed by atoms with Crippen LogP contribution in [0.3, 0.4) is 0 Å². The van der Waals surface area contributed by atoms with Gasteiger partial charge in [0.05, 0.1) is 12.2 Å². The van der Waals surface area contributed by atoms with Gasteiger partial charge in [-0.15, -0.1) is 5.10 Å². The molecule has 0 radical (unpaired) electrons. The Bertz CT molecular complexity index is 1180. The smallest absolute Gasteiger partial charge is 0.347 e. The van der Waals surface area contributed by atoms with Crippen LogP contribution in [0.25, 0.3) is 5.65 Å². The summed E-state index contributed by atoms with van der Waals surface area (Å²) in [6.45, 7) is 0.250. The number of rotatable bonds is 5. The lowest BCUT2D eigenvalue weighted by Gasteiger charge is -2.29.